The van der Waals surface area contributed by atoms with E-state index in [1.807, 2.05) is 36.4 Å². The second kappa shape index (κ2) is 7.19. The lowest BCUT2D eigenvalue weighted by Gasteiger charge is -2.15. The molecule has 0 bridgehead atoms. The summed E-state index contributed by atoms with van der Waals surface area (Å²) >= 11 is 18.3. The Bertz CT molecular complexity index is 537. The molecule has 100 valence electrons. The molecule has 0 fully saturated rings. The molecule has 0 radical (unpaired) electrons. The van der Waals surface area contributed by atoms with Gasteiger partial charge in [0.15, 0.2) is 0 Å². The average Bonchev–Trinajstić information content (AvgIpc) is 2.40. The zero-order valence-electron chi connectivity index (χ0n) is 10.5. The Balaban J connectivity index is 2.07. The monoisotopic (exact) mass is 312 g/mol. The lowest BCUT2D eigenvalue weighted by molar-refractivity contribution is 0.584. The van der Waals surface area contributed by atoms with Gasteiger partial charge >= 0.3 is 0 Å². The van der Waals surface area contributed by atoms with Crippen LogP contribution < -0.4 is 0 Å². The van der Waals surface area contributed by atoms with E-state index in [4.69, 9.17) is 34.8 Å². The highest BCUT2D eigenvalue weighted by Crippen LogP contribution is 2.23. The van der Waals surface area contributed by atoms with E-state index >= 15 is 0 Å². The lowest BCUT2D eigenvalue weighted by Crippen LogP contribution is -2.10. The van der Waals surface area contributed by atoms with Gasteiger partial charge in [-0.15, -0.1) is 11.6 Å². The van der Waals surface area contributed by atoms with Gasteiger partial charge in [-0.1, -0.05) is 53.5 Å². The van der Waals surface area contributed by atoms with Crippen molar-refractivity contribution in [1.82, 2.24) is 0 Å². The van der Waals surface area contributed by atoms with Crippen LogP contribution in [0.3, 0.4) is 0 Å². The molecule has 0 saturated carbocycles. The molecule has 0 N–H and O–H groups in total. The highest BCUT2D eigenvalue weighted by molar-refractivity contribution is 6.31. The predicted molar refractivity (Wildman–Crippen MR) is 84.5 cm³/mol. The van der Waals surface area contributed by atoms with E-state index in [1.54, 1.807) is 0 Å². The van der Waals surface area contributed by atoms with Gasteiger partial charge in [-0.05, 0) is 48.1 Å². The maximum Gasteiger partial charge on any atom is 0.0438 e. The number of hydrogen-bond acceptors (Lipinski definition) is 0. The first kappa shape index (κ1) is 14.7. The molecular formula is C16H15Cl3. The standard InChI is InChI=1S/C16H15Cl3/c17-11-13(8-12-4-3-6-15(18)10-12)9-14-5-1-2-7-16(14)19/h1-7,10,13H,8-9,11H2. The third-order valence-electron chi connectivity index (χ3n) is 3.10. The van der Waals surface area contributed by atoms with Gasteiger partial charge in [-0.3, -0.25) is 0 Å². The van der Waals surface area contributed by atoms with E-state index in [-0.39, 0.29) is 0 Å². The first-order chi connectivity index (χ1) is 9.19. The Morgan fingerprint density at radius 2 is 1.68 bits per heavy atom. The third kappa shape index (κ3) is 4.42. The molecule has 2 aromatic carbocycles. The van der Waals surface area contributed by atoms with Crippen LogP contribution in [0.15, 0.2) is 48.5 Å². The fraction of sp³-hybridized carbons (Fsp3) is 0.250. The zero-order chi connectivity index (χ0) is 13.7. The molecule has 0 heterocycles. The van der Waals surface area contributed by atoms with Crippen molar-refractivity contribution in [3.05, 3.63) is 69.7 Å². The van der Waals surface area contributed by atoms with Gasteiger partial charge in [0, 0.05) is 15.9 Å². The smallest absolute Gasteiger partial charge is 0.0438 e. The molecule has 0 aromatic heterocycles. The summed E-state index contributed by atoms with van der Waals surface area (Å²) in [5.74, 6) is 0.970. The Morgan fingerprint density at radius 1 is 0.895 bits per heavy atom. The first-order valence-corrected chi connectivity index (χ1v) is 7.52. The summed E-state index contributed by atoms with van der Waals surface area (Å²) in [4.78, 5) is 0. The molecule has 1 unspecified atom stereocenters. The van der Waals surface area contributed by atoms with Crippen LogP contribution in [0.5, 0.6) is 0 Å². The molecule has 0 saturated heterocycles. The predicted octanol–water partition coefficient (Wildman–Crippen LogP) is 5.63. The first-order valence-electron chi connectivity index (χ1n) is 6.23. The molecule has 2 rings (SSSR count). The molecule has 2 aromatic rings. The van der Waals surface area contributed by atoms with Crippen LogP contribution in [0, 0.1) is 5.92 Å². The van der Waals surface area contributed by atoms with E-state index in [1.165, 1.54) is 5.56 Å². The molecule has 0 nitrogen and oxygen atoms in total. The van der Waals surface area contributed by atoms with Crippen LogP contribution in [0.4, 0.5) is 0 Å². The van der Waals surface area contributed by atoms with Crippen molar-refractivity contribution >= 4 is 34.8 Å². The van der Waals surface area contributed by atoms with Crippen molar-refractivity contribution < 1.29 is 0 Å². The molecule has 0 aliphatic heterocycles. The number of benzene rings is 2. The fourth-order valence-electron chi connectivity index (χ4n) is 2.15. The fourth-order valence-corrected chi connectivity index (χ4v) is 2.80. The van der Waals surface area contributed by atoms with Crippen molar-refractivity contribution in [2.24, 2.45) is 5.92 Å². The molecule has 1 atom stereocenters. The Morgan fingerprint density at radius 3 is 2.37 bits per heavy atom. The minimum absolute atomic E-state index is 0.361. The number of rotatable bonds is 5. The van der Waals surface area contributed by atoms with Gasteiger partial charge in [0.2, 0.25) is 0 Å². The molecule has 3 heteroatoms. The largest absolute Gasteiger partial charge is 0.126 e. The molecule has 0 spiro atoms. The van der Waals surface area contributed by atoms with Crippen LogP contribution in [-0.2, 0) is 12.8 Å². The summed E-state index contributed by atoms with van der Waals surface area (Å²) < 4.78 is 0. The molecule has 0 aliphatic carbocycles. The summed E-state index contributed by atoms with van der Waals surface area (Å²) in [6.07, 6.45) is 1.80. The summed E-state index contributed by atoms with van der Waals surface area (Å²) in [7, 11) is 0. The van der Waals surface area contributed by atoms with Crippen molar-refractivity contribution in [1.29, 1.82) is 0 Å². The maximum atomic E-state index is 6.19. The second-order valence-electron chi connectivity index (χ2n) is 4.65. The van der Waals surface area contributed by atoms with Crippen LogP contribution in [0.1, 0.15) is 11.1 Å². The number of hydrogen-bond donors (Lipinski definition) is 0. The van der Waals surface area contributed by atoms with Gasteiger partial charge in [0.25, 0.3) is 0 Å². The van der Waals surface area contributed by atoms with E-state index < -0.39 is 0 Å². The van der Waals surface area contributed by atoms with Crippen LogP contribution in [0.25, 0.3) is 0 Å². The van der Waals surface area contributed by atoms with Crippen molar-refractivity contribution in [2.75, 3.05) is 5.88 Å². The summed E-state index contributed by atoms with van der Waals surface area (Å²) in [6, 6.07) is 15.9. The van der Waals surface area contributed by atoms with Gasteiger partial charge in [-0.2, -0.15) is 0 Å². The van der Waals surface area contributed by atoms with Gasteiger partial charge < -0.3 is 0 Å². The molecule has 19 heavy (non-hydrogen) atoms. The maximum absolute atomic E-state index is 6.19. The lowest BCUT2D eigenvalue weighted by atomic mass is 9.94. The Kier molecular flexibility index (Phi) is 5.57. The molecule has 0 aliphatic rings. The zero-order valence-corrected chi connectivity index (χ0v) is 12.7. The minimum atomic E-state index is 0.361. The van der Waals surface area contributed by atoms with Crippen LogP contribution in [-0.4, -0.2) is 5.88 Å². The van der Waals surface area contributed by atoms with Gasteiger partial charge in [0.1, 0.15) is 0 Å². The highest BCUT2D eigenvalue weighted by Gasteiger charge is 2.11. The summed E-state index contributed by atoms with van der Waals surface area (Å²) in [6.45, 7) is 0. The normalized spacial score (nSPS) is 12.4. The van der Waals surface area contributed by atoms with Crippen LogP contribution >= 0.6 is 34.8 Å². The highest BCUT2D eigenvalue weighted by atomic mass is 35.5. The average molecular weight is 314 g/mol. The van der Waals surface area contributed by atoms with Gasteiger partial charge in [0.05, 0.1) is 0 Å². The number of halogens is 3. The summed E-state index contributed by atoms with van der Waals surface area (Å²) in [5, 5.41) is 1.58. The van der Waals surface area contributed by atoms with Crippen molar-refractivity contribution in [3.8, 4) is 0 Å². The van der Waals surface area contributed by atoms with Crippen molar-refractivity contribution in [2.45, 2.75) is 12.8 Å². The quantitative estimate of drug-likeness (QED) is 0.627. The molecular weight excluding hydrogens is 299 g/mol. The van der Waals surface area contributed by atoms with E-state index in [9.17, 15) is 0 Å². The minimum Gasteiger partial charge on any atom is -0.126 e. The van der Waals surface area contributed by atoms with Crippen LogP contribution in [0.2, 0.25) is 10.0 Å². The summed E-state index contributed by atoms with van der Waals surface area (Å²) in [5.41, 5.74) is 2.36. The SMILES string of the molecule is ClCC(Cc1cccc(Cl)c1)Cc1ccccc1Cl. The van der Waals surface area contributed by atoms with E-state index in [0.29, 0.717) is 11.8 Å². The topological polar surface area (TPSA) is 0 Å². The Labute approximate surface area is 129 Å². The second-order valence-corrected chi connectivity index (χ2v) is 5.80. The Hall–Kier alpha value is -0.690. The van der Waals surface area contributed by atoms with E-state index in [2.05, 4.69) is 12.1 Å². The van der Waals surface area contributed by atoms with Gasteiger partial charge in [-0.25, -0.2) is 0 Å². The van der Waals surface area contributed by atoms with Crippen molar-refractivity contribution in [3.63, 3.8) is 0 Å². The van der Waals surface area contributed by atoms with E-state index in [0.717, 1.165) is 28.5 Å². The third-order valence-corrected chi connectivity index (χ3v) is 4.14. The molecule has 0 amide bonds. The number of alkyl halides is 1.